The molecule has 0 unspecified atom stereocenters. The molecule has 2 aliphatic rings. The number of hydrogen-bond donors (Lipinski definition) is 0. The highest BCUT2D eigenvalue weighted by Gasteiger charge is 2.35. The van der Waals surface area contributed by atoms with E-state index in [-0.39, 0.29) is 18.5 Å². The number of benzene rings is 1. The molecule has 112 valence electrons. The molecule has 2 aliphatic heterocycles. The second-order valence-electron chi connectivity index (χ2n) is 5.20. The first-order valence-electron chi connectivity index (χ1n) is 7.04. The number of methoxy groups -OCH3 is 1. The third kappa shape index (κ3) is 2.66. The summed E-state index contributed by atoms with van der Waals surface area (Å²) in [6, 6.07) is 7.83. The summed E-state index contributed by atoms with van der Waals surface area (Å²) in [6.45, 7) is 1.68. The predicted octanol–water partition coefficient (Wildman–Crippen LogP) is 1.42. The van der Waals surface area contributed by atoms with Crippen LogP contribution in [0.1, 0.15) is 18.0 Å². The summed E-state index contributed by atoms with van der Waals surface area (Å²) < 4.78 is 10.1. The van der Waals surface area contributed by atoms with Crippen LogP contribution in [0.2, 0.25) is 0 Å². The molecule has 3 rings (SSSR count). The van der Waals surface area contributed by atoms with Crippen molar-refractivity contribution in [1.82, 2.24) is 9.80 Å². The number of amides is 2. The van der Waals surface area contributed by atoms with Gasteiger partial charge in [0.1, 0.15) is 18.9 Å². The minimum absolute atomic E-state index is 0.0343. The quantitative estimate of drug-likeness (QED) is 0.841. The third-order valence-electron chi connectivity index (χ3n) is 3.99. The van der Waals surface area contributed by atoms with Crippen LogP contribution in [-0.2, 0) is 9.53 Å². The molecule has 2 heterocycles. The van der Waals surface area contributed by atoms with Gasteiger partial charge >= 0.3 is 6.09 Å². The molecule has 0 N–H and O–H groups in total. The van der Waals surface area contributed by atoms with E-state index in [2.05, 4.69) is 0 Å². The molecule has 1 atom stereocenters. The van der Waals surface area contributed by atoms with Crippen LogP contribution >= 0.6 is 0 Å². The summed E-state index contributed by atoms with van der Waals surface area (Å²) in [6.07, 6.45) is 0.533. The molecule has 0 bridgehead atoms. The fourth-order valence-corrected chi connectivity index (χ4v) is 2.70. The minimum atomic E-state index is -0.401. The van der Waals surface area contributed by atoms with E-state index in [1.165, 1.54) is 4.90 Å². The molecular formula is C15H18N2O4. The molecule has 6 nitrogen and oxygen atoms in total. The van der Waals surface area contributed by atoms with Crippen LogP contribution in [-0.4, -0.2) is 55.2 Å². The van der Waals surface area contributed by atoms with Gasteiger partial charge < -0.3 is 14.4 Å². The molecular weight excluding hydrogens is 272 g/mol. The van der Waals surface area contributed by atoms with Crippen LogP contribution in [0.25, 0.3) is 0 Å². The minimum Gasteiger partial charge on any atom is -0.497 e. The van der Waals surface area contributed by atoms with E-state index in [0.29, 0.717) is 13.2 Å². The lowest BCUT2D eigenvalue weighted by Gasteiger charge is -2.42. The van der Waals surface area contributed by atoms with Crippen LogP contribution in [0.15, 0.2) is 24.3 Å². The first kappa shape index (κ1) is 13.7. The molecule has 2 fully saturated rings. The topological polar surface area (TPSA) is 59.1 Å². The fourth-order valence-electron chi connectivity index (χ4n) is 2.70. The van der Waals surface area contributed by atoms with Gasteiger partial charge in [0.2, 0.25) is 5.91 Å². The molecule has 6 heteroatoms. The zero-order chi connectivity index (χ0) is 14.8. The number of nitrogens with zero attached hydrogens (tertiary/aromatic N) is 2. The second-order valence-corrected chi connectivity index (χ2v) is 5.20. The van der Waals surface area contributed by atoms with Gasteiger partial charge in [-0.15, -0.1) is 0 Å². The van der Waals surface area contributed by atoms with E-state index in [9.17, 15) is 9.59 Å². The van der Waals surface area contributed by atoms with Crippen LogP contribution in [0.3, 0.4) is 0 Å². The highest BCUT2D eigenvalue weighted by molar-refractivity contribution is 5.83. The van der Waals surface area contributed by atoms with Crippen molar-refractivity contribution in [3.05, 3.63) is 29.8 Å². The van der Waals surface area contributed by atoms with Gasteiger partial charge in [-0.2, -0.15) is 0 Å². The Kier molecular flexibility index (Phi) is 3.68. The number of carbonyl (C=O) groups is 2. The van der Waals surface area contributed by atoms with Crippen molar-refractivity contribution in [2.45, 2.75) is 12.5 Å². The van der Waals surface area contributed by atoms with Gasteiger partial charge in [-0.1, -0.05) is 12.1 Å². The van der Waals surface area contributed by atoms with Crippen molar-refractivity contribution in [2.24, 2.45) is 0 Å². The maximum Gasteiger partial charge on any atom is 0.410 e. The molecule has 2 amide bonds. The summed E-state index contributed by atoms with van der Waals surface area (Å²) in [5, 5.41) is 0. The molecule has 0 aliphatic carbocycles. The number of cyclic esters (lactones) is 1. The number of carbonyl (C=O) groups excluding carboxylic acids is 2. The summed E-state index contributed by atoms with van der Waals surface area (Å²) in [4.78, 5) is 27.0. The van der Waals surface area contributed by atoms with E-state index in [0.717, 1.165) is 24.3 Å². The van der Waals surface area contributed by atoms with Gasteiger partial charge in [0, 0.05) is 6.54 Å². The van der Waals surface area contributed by atoms with Crippen molar-refractivity contribution >= 4 is 12.0 Å². The van der Waals surface area contributed by atoms with Crippen LogP contribution in [0.5, 0.6) is 5.75 Å². The Bertz CT molecular complexity index is 560. The average Bonchev–Trinajstić information content (AvgIpc) is 2.83. The zero-order valence-corrected chi connectivity index (χ0v) is 11.9. The largest absolute Gasteiger partial charge is 0.497 e. The molecule has 1 aromatic rings. The van der Waals surface area contributed by atoms with Crippen molar-refractivity contribution in [1.29, 1.82) is 0 Å². The van der Waals surface area contributed by atoms with Gasteiger partial charge in [0.25, 0.3) is 0 Å². The zero-order valence-electron chi connectivity index (χ0n) is 11.9. The smallest absolute Gasteiger partial charge is 0.410 e. The standard InChI is InChI=1S/C15H18N2O4/c1-20-12-4-2-3-11(9-12)13-5-6-17(13)14(18)10-16-7-8-21-15(16)19/h2-4,9,13H,5-8,10H2,1H3/t13-/m1/s1. The highest BCUT2D eigenvalue weighted by Crippen LogP contribution is 2.34. The van der Waals surface area contributed by atoms with Crippen LogP contribution in [0, 0.1) is 0 Å². The first-order valence-corrected chi connectivity index (χ1v) is 7.04. The summed E-state index contributed by atoms with van der Waals surface area (Å²) >= 11 is 0. The van der Waals surface area contributed by atoms with Gasteiger partial charge in [0.05, 0.1) is 19.7 Å². The lowest BCUT2D eigenvalue weighted by atomic mass is 9.94. The van der Waals surface area contributed by atoms with E-state index in [4.69, 9.17) is 9.47 Å². The van der Waals surface area contributed by atoms with Crippen molar-refractivity contribution in [3.63, 3.8) is 0 Å². The van der Waals surface area contributed by atoms with Crippen molar-refractivity contribution in [2.75, 3.05) is 33.4 Å². The fraction of sp³-hybridized carbons (Fsp3) is 0.467. The van der Waals surface area contributed by atoms with E-state index in [1.807, 2.05) is 24.3 Å². The average molecular weight is 290 g/mol. The summed E-state index contributed by atoms with van der Waals surface area (Å²) in [5.41, 5.74) is 1.07. The molecule has 1 aromatic carbocycles. The van der Waals surface area contributed by atoms with Gasteiger partial charge in [-0.25, -0.2) is 4.79 Å². The SMILES string of the molecule is COc1cccc([C@H]2CCN2C(=O)CN2CCOC2=O)c1. The van der Waals surface area contributed by atoms with Gasteiger partial charge in [-0.05, 0) is 24.1 Å². The molecule has 0 spiro atoms. The predicted molar refractivity (Wildman–Crippen MR) is 75.0 cm³/mol. The Labute approximate surface area is 123 Å². The lowest BCUT2D eigenvalue weighted by molar-refractivity contribution is -0.139. The normalized spacial score (nSPS) is 21.0. The molecule has 2 saturated heterocycles. The second kappa shape index (κ2) is 5.63. The monoisotopic (exact) mass is 290 g/mol. The molecule has 21 heavy (non-hydrogen) atoms. The maximum absolute atomic E-state index is 12.3. The van der Waals surface area contributed by atoms with Crippen molar-refractivity contribution < 1.29 is 19.1 Å². The lowest BCUT2D eigenvalue weighted by Crippen LogP contribution is -2.49. The first-order chi connectivity index (χ1) is 10.2. The van der Waals surface area contributed by atoms with Crippen LogP contribution in [0.4, 0.5) is 4.79 Å². The van der Waals surface area contributed by atoms with Crippen molar-refractivity contribution in [3.8, 4) is 5.75 Å². The Balaban J connectivity index is 1.66. The highest BCUT2D eigenvalue weighted by atomic mass is 16.6. The summed E-state index contributed by atoms with van der Waals surface area (Å²) in [5.74, 6) is 0.753. The summed E-state index contributed by atoms with van der Waals surface area (Å²) in [7, 11) is 1.63. The van der Waals surface area contributed by atoms with E-state index in [1.54, 1.807) is 12.0 Å². The molecule has 0 saturated carbocycles. The Hall–Kier alpha value is -2.24. The number of hydrogen-bond acceptors (Lipinski definition) is 4. The number of likely N-dealkylation sites (tertiary alicyclic amines) is 1. The Morgan fingerprint density at radius 3 is 2.90 bits per heavy atom. The van der Waals surface area contributed by atoms with Gasteiger partial charge in [0.15, 0.2) is 0 Å². The maximum atomic E-state index is 12.3. The third-order valence-corrected chi connectivity index (χ3v) is 3.99. The van der Waals surface area contributed by atoms with E-state index >= 15 is 0 Å². The molecule has 0 radical (unpaired) electrons. The Morgan fingerprint density at radius 1 is 1.43 bits per heavy atom. The van der Waals surface area contributed by atoms with Gasteiger partial charge in [-0.3, -0.25) is 9.69 Å². The van der Waals surface area contributed by atoms with E-state index < -0.39 is 6.09 Å². The molecule has 0 aromatic heterocycles. The number of ether oxygens (including phenoxy) is 2. The van der Waals surface area contributed by atoms with Crippen LogP contribution < -0.4 is 4.74 Å². The Morgan fingerprint density at radius 2 is 2.29 bits per heavy atom. The number of rotatable bonds is 4.